The van der Waals surface area contributed by atoms with Crippen LogP contribution in [-0.2, 0) is 14.4 Å². The highest BCUT2D eigenvalue weighted by Crippen LogP contribution is 2.44. The van der Waals surface area contributed by atoms with Gasteiger partial charge < -0.3 is 20.4 Å². The number of carbonyl (C=O) groups excluding carboxylic acids is 3. The summed E-state index contributed by atoms with van der Waals surface area (Å²) in [5.41, 5.74) is -7.24. The fraction of sp³-hybridized carbons (Fsp3) is 0.571. The summed E-state index contributed by atoms with van der Waals surface area (Å²) < 4.78 is 0. The Kier molecular flexibility index (Phi) is 6.93. The van der Waals surface area contributed by atoms with Crippen molar-refractivity contribution in [2.45, 2.75) is 71.2 Å². The molecule has 0 saturated heterocycles. The quantitative estimate of drug-likeness (QED) is 0.213. The number of Topliss-reactive ketones (excluding diaryl/α,β-unsaturated/α-hetero) is 2. The number of carbonyl (C=O) groups is 3. The maximum atomic E-state index is 12.9. The molecule has 0 radical (unpaired) electrons. The van der Waals surface area contributed by atoms with E-state index in [4.69, 9.17) is 0 Å². The Balaban J connectivity index is 3.59. The van der Waals surface area contributed by atoms with Crippen LogP contribution in [0.2, 0.25) is 0 Å². The Labute approximate surface area is 165 Å². The van der Waals surface area contributed by atoms with Gasteiger partial charge in [-0.15, -0.1) is 0 Å². The Morgan fingerprint density at radius 1 is 1.18 bits per heavy atom. The van der Waals surface area contributed by atoms with Crippen molar-refractivity contribution >= 4 is 17.3 Å². The van der Waals surface area contributed by atoms with Crippen molar-refractivity contribution in [1.82, 2.24) is 0 Å². The summed E-state index contributed by atoms with van der Waals surface area (Å²) in [5, 5.41) is 42.4. The topological polar surface area (TPSA) is 132 Å². The van der Waals surface area contributed by atoms with E-state index >= 15 is 0 Å². The van der Waals surface area contributed by atoms with Crippen LogP contribution in [0.3, 0.4) is 0 Å². The second-order valence-corrected chi connectivity index (χ2v) is 8.48. The molecule has 156 valence electrons. The third-order valence-electron chi connectivity index (χ3n) is 4.46. The van der Waals surface area contributed by atoms with Crippen molar-refractivity contribution in [2.24, 2.45) is 5.92 Å². The predicted octanol–water partition coefficient (Wildman–Crippen LogP) is 1.71. The van der Waals surface area contributed by atoms with E-state index in [0.717, 1.165) is 12.2 Å². The molecule has 0 bridgehead atoms. The van der Waals surface area contributed by atoms with Crippen molar-refractivity contribution in [3.8, 4) is 0 Å². The molecule has 28 heavy (non-hydrogen) atoms. The molecule has 2 atom stereocenters. The maximum absolute atomic E-state index is 12.9. The predicted molar refractivity (Wildman–Crippen MR) is 104 cm³/mol. The van der Waals surface area contributed by atoms with Crippen LogP contribution in [0.5, 0.6) is 0 Å². The van der Waals surface area contributed by atoms with Crippen LogP contribution in [0.4, 0.5) is 0 Å². The summed E-state index contributed by atoms with van der Waals surface area (Å²) in [6, 6.07) is 0. The largest absolute Gasteiger partial charge is 0.508 e. The molecule has 0 aromatic rings. The fourth-order valence-electron chi connectivity index (χ4n) is 2.90. The van der Waals surface area contributed by atoms with Gasteiger partial charge in [0.25, 0.3) is 0 Å². The molecule has 1 aliphatic carbocycles. The number of ketones is 3. The summed E-state index contributed by atoms with van der Waals surface area (Å²) >= 11 is 0. The van der Waals surface area contributed by atoms with Crippen molar-refractivity contribution in [3.05, 3.63) is 35.1 Å². The molecule has 0 aromatic carbocycles. The van der Waals surface area contributed by atoms with Crippen molar-refractivity contribution < 1.29 is 34.8 Å². The van der Waals surface area contributed by atoms with Crippen LogP contribution in [0, 0.1) is 5.92 Å². The van der Waals surface area contributed by atoms with E-state index < -0.39 is 51.9 Å². The molecule has 1 aliphatic rings. The van der Waals surface area contributed by atoms with Crippen LogP contribution < -0.4 is 0 Å². The lowest BCUT2D eigenvalue weighted by Gasteiger charge is -2.34. The van der Waals surface area contributed by atoms with E-state index in [1.54, 1.807) is 27.7 Å². The minimum absolute atomic E-state index is 0.104. The molecule has 0 spiro atoms. The van der Waals surface area contributed by atoms with Crippen LogP contribution in [-0.4, -0.2) is 54.6 Å². The number of rotatable bonds is 8. The van der Waals surface area contributed by atoms with Crippen LogP contribution in [0.1, 0.15) is 54.4 Å². The minimum atomic E-state index is -3.08. The lowest BCUT2D eigenvalue weighted by Crippen LogP contribution is -2.61. The van der Waals surface area contributed by atoms with Crippen molar-refractivity contribution in [2.75, 3.05) is 0 Å². The molecule has 7 heteroatoms. The van der Waals surface area contributed by atoms with E-state index in [0.29, 0.717) is 5.57 Å². The van der Waals surface area contributed by atoms with Gasteiger partial charge in [0.1, 0.15) is 11.3 Å². The smallest absolute Gasteiger partial charge is 0.226 e. The molecule has 1 rings (SSSR count). The molecule has 0 amide bonds. The zero-order valence-electron chi connectivity index (χ0n) is 17.2. The van der Waals surface area contributed by atoms with E-state index in [1.807, 2.05) is 0 Å². The van der Waals surface area contributed by atoms with Gasteiger partial charge in [0, 0.05) is 12.8 Å². The molecule has 0 aliphatic heterocycles. The maximum Gasteiger partial charge on any atom is 0.226 e. The van der Waals surface area contributed by atoms with Gasteiger partial charge in [0.2, 0.25) is 11.4 Å². The normalized spacial score (nSPS) is 25.7. The van der Waals surface area contributed by atoms with Crippen LogP contribution in [0.25, 0.3) is 0 Å². The molecule has 0 saturated carbocycles. The van der Waals surface area contributed by atoms with Crippen molar-refractivity contribution in [3.63, 3.8) is 0 Å². The van der Waals surface area contributed by atoms with E-state index in [2.05, 4.69) is 0 Å². The number of allylic oxidation sites excluding steroid dienone is 1. The van der Waals surface area contributed by atoms with Gasteiger partial charge in [-0.3, -0.25) is 14.4 Å². The second-order valence-electron chi connectivity index (χ2n) is 8.48. The Hall–Kier alpha value is -2.09. The first-order valence-electron chi connectivity index (χ1n) is 9.13. The van der Waals surface area contributed by atoms with Gasteiger partial charge in [-0.1, -0.05) is 31.6 Å². The number of hydrogen-bond acceptors (Lipinski definition) is 7. The van der Waals surface area contributed by atoms with Gasteiger partial charge in [0.15, 0.2) is 17.2 Å². The summed E-state index contributed by atoms with van der Waals surface area (Å²) in [6.07, 6.45) is 2.70. The molecular weight excluding hydrogens is 364 g/mol. The number of aliphatic hydroxyl groups excluding tert-OH is 1. The Bertz CT molecular complexity index is 760. The van der Waals surface area contributed by atoms with Gasteiger partial charge in [-0.25, -0.2) is 0 Å². The Morgan fingerprint density at radius 3 is 2.14 bits per heavy atom. The zero-order valence-corrected chi connectivity index (χ0v) is 17.2. The van der Waals surface area contributed by atoms with Gasteiger partial charge in [0.05, 0.1) is 5.60 Å². The van der Waals surface area contributed by atoms with Crippen LogP contribution in [0.15, 0.2) is 35.1 Å². The molecular formula is C21H30O7. The Morgan fingerprint density at radius 2 is 1.71 bits per heavy atom. The lowest BCUT2D eigenvalue weighted by molar-refractivity contribution is -0.168. The van der Waals surface area contributed by atoms with Gasteiger partial charge >= 0.3 is 0 Å². The summed E-state index contributed by atoms with van der Waals surface area (Å²) in [7, 11) is 0. The molecule has 0 unspecified atom stereocenters. The first-order valence-corrected chi connectivity index (χ1v) is 9.13. The highest BCUT2D eigenvalue weighted by atomic mass is 16.4. The summed E-state index contributed by atoms with van der Waals surface area (Å²) in [5.74, 6) is -4.49. The molecule has 7 nitrogen and oxygen atoms in total. The standard InChI is InChI=1S/C21H30O7/c1-12(2)7-10-20(27)17(24)16(14(22)11-13(3)4)18(25)21(20,28)15(23)8-9-19(5,6)26/h7-9,13,24,26-28H,10-11H2,1-6H3/b9-8+/t20-,21+/m0/s1. The first kappa shape index (κ1) is 23.9. The lowest BCUT2D eigenvalue weighted by atomic mass is 9.77. The second kappa shape index (κ2) is 8.11. The monoisotopic (exact) mass is 394 g/mol. The number of hydrogen-bond donors (Lipinski definition) is 4. The summed E-state index contributed by atoms with van der Waals surface area (Å²) in [6.45, 7) is 9.60. The fourth-order valence-corrected chi connectivity index (χ4v) is 2.90. The molecule has 0 heterocycles. The van der Waals surface area contributed by atoms with Gasteiger partial charge in [-0.2, -0.15) is 0 Å². The van der Waals surface area contributed by atoms with E-state index in [1.165, 1.54) is 19.9 Å². The molecule has 0 aromatic heterocycles. The van der Waals surface area contributed by atoms with E-state index in [-0.39, 0.29) is 12.3 Å². The van der Waals surface area contributed by atoms with Gasteiger partial charge in [-0.05, 0) is 39.7 Å². The van der Waals surface area contributed by atoms with Crippen LogP contribution >= 0.6 is 0 Å². The average Bonchev–Trinajstić information content (AvgIpc) is 2.69. The highest BCUT2D eigenvalue weighted by molar-refractivity contribution is 6.34. The molecule has 0 fully saturated rings. The minimum Gasteiger partial charge on any atom is -0.508 e. The average molecular weight is 394 g/mol. The van der Waals surface area contributed by atoms with Crippen molar-refractivity contribution in [1.29, 1.82) is 0 Å². The number of aliphatic hydroxyl groups is 4. The first-order chi connectivity index (χ1) is 12.6. The SMILES string of the molecule is CC(C)=CC[C@]1(O)C(O)=C(C(=O)CC(C)C)C(=O)[C@]1(O)C(=O)/C=C/C(C)(C)O. The molecule has 4 N–H and O–H groups in total. The zero-order chi connectivity index (χ0) is 22.1. The van der Waals surface area contributed by atoms with E-state index in [9.17, 15) is 34.8 Å². The third-order valence-corrected chi connectivity index (χ3v) is 4.46. The summed E-state index contributed by atoms with van der Waals surface area (Å²) in [4.78, 5) is 38.1. The third kappa shape index (κ3) is 4.48. The highest BCUT2D eigenvalue weighted by Gasteiger charge is 2.68.